The van der Waals surface area contributed by atoms with Gasteiger partial charge < -0.3 is 15.3 Å². The lowest BCUT2D eigenvalue weighted by Crippen LogP contribution is -2.37. The summed E-state index contributed by atoms with van der Waals surface area (Å²) in [5.74, 6) is 3.06. The highest BCUT2D eigenvalue weighted by molar-refractivity contribution is 5.49. The smallest absolute Gasteiger partial charge is 0.134 e. The van der Waals surface area contributed by atoms with Crippen LogP contribution in [0.2, 0.25) is 0 Å². The molecule has 3 rings (SSSR count). The summed E-state index contributed by atoms with van der Waals surface area (Å²) in [6.45, 7) is 4.43. The van der Waals surface area contributed by atoms with Crippen molar-refractivity contribution >= 4 is 11.6 Å². The van der Waals surface area contributed by atoms with E-state index in [9.17, 15) is 5.11 Å². The van der Waals surface area contributed by atoms with Gasteiger partial charge in [-0.15, -0.1) is 0 Å². The number of nitrogens with zero attached hydrogens (tertiary/aromatic N) is 3. The topological polar surface area (TPSA) is 61.3 Å². The van der Waals surface area contributed by atoms with Crippen molar-refractivity contribution in [1.29, 1.82) is 0 Å². The number of rotatable bonds is 5. The van der Waals surface area contributed by atoms with Crippen LogP contribution in [0.25, 0.3) is 0 Å². The van der Waals surface area contributed by atoms with Gasteiger partial charge in [0.1, 0.15) is 18.0 Å². The first-order valence-electron chi connectivity index (χ1n) is 8.20. The summed E-state index contributed by atoms with van der Waals surface area (Å²) in [6.07, 6.45) is 7.90. The minimum absolute atomic E-state index is 0.269. The number of piperidine rings is 1. The van der Waals surface area contributed by atoms with Gasteiger partial charge in [0.15, 0.2) is 0 Å². The summed E-state index contributed by atoms with van der Waals surface area (Å²) in [7, 11) is 0. The highest BCUT2D eigenvalue weighted by atomic mass is 16.3. The van der Waals surface area contributed by atoms with E-state index in [1.807, 2.05) is 0 Å². The normalized spacial score (nSPS) is 24.5. The lowest BCUT2D eigenvalue weighted by molar-refractivity contribution is 0.208. The molecular weight excluding hydrogens is 264 g/mol. The van der Waals surface area contributed by atoms with Gasteiger partial charge in [0, 0.05) is 31.8 Å². The van der Waals surface area contributed by atoms with E-state index < -0.39 is 0 Å². The molecule has 2 fully saturated rings. The second-order valence-corrected chi connectivity index (χ2v) is 6.52. The third-order valence-electron chi connectivity index (χ3n) is 4.99. The average Bonchev–Trinajstić information content (AvgIpc) is 2.45. The molecule has 2 N–H and O–H groups in total. The molecule has 5 heteroatoms. The molecule has 5 nitrogen and oxygen atoms in total. The molecule has 2 heterocycles. The van der Waals surface area contributed by atoms with E-state index in [0.717, 1.165) is 43.5 Å². The van der Waals surface area contributed by atoms with Gasteiger partial charge in [-0.05, 0) is 44.4 Å². The number of hydrogen-bond donors (Lipinski definition) is 2. The average molecular weight is 290 g/mol. The van der Waals surface area contributed by atoms with Crippen LogP contribution in [0, 0.1) is 11.8 Å². The molecule has 0 aromatic carbocycles. The SMILES string of the molecule is CC(Nc1cc(N2CCCC(CO)C2)ncn1)C1CCC1. The van der Waals surface area contributed by atoms with Crippen molar-refractivity contribution in [1.82, 2.24) is 9.97 Å². The first-order chi connectivity index (χ1) is 10.3. The van der Waals surface area contributed by atoms with Crippen molar-refractivity contribution in [3.63, 3.8) is 0 Å². The van der Waals surface area contributed by atoms with E-state index in [2.05, 4.69) is 33.2 Å². The highest BCUT2D eigenvalue weighted by Crippen LogP contribution is 2.31. The van der Waals surface area contributed by atoms with Crippen LogP contribution in [-0.2, 0) is 0 Å². The number of aromatic nitrogens is 2. The van der Waals surface area contributed by atoms with Crippen LogP contribution in [0.5, 0.6) is 0 Å². The Labute approximate surface area is 126 Å². The lowest BCUT2D eigenvalue weighted by atomic mass is 9.80. The number of aliphatic hydroxyl groups excluding tert-OH is 1. The van der Waals surface area contributed by atoms with Gasteiger partial charge in [-0.25, -0.2) is 9.97 Å². The van der Waals surface area contributed by atoms with E-state index in [0.29, 0.717) is 12.0 Å². The van der Waals surface area contributed by atoms with Crippen LogP contribution < -0.4 is 10.2 Å². The zero-order valence-electron chi connectivity index (χ0n) is 12.8. The summed E-state index contributed by atoms with van der Waals surface area (Å²) in [6, 6.07) is 2.53. The van der Waals surface area contributed by atoms with Crippen molar-refractivity contribution in [2.75, 3.05) is 29.9 Å². The van der Waals surface area contributed by atoms with E-state index in [1.165, 1.54) is 19.3 Å². The number of anilines is 2. The first kappa shape index (κ1) is 14.6. The molecule has 2 unspecified atom stereocenters. The van der Waals surface area contributed by atoms with Crippen molar-refractivity contribution in [3.8, 4) is 0 Å². The highest BCUT2D eigenvalue weighted by Gasteiger charge is 2.24. The van der Waals surface area contributed by atoms with E-state index in [1.54, 1.807) is 6.33 Å². The van der Waals surface area contributed by atoms with Crippen LogP contribution in [-0.4, -0.2) is 40.8 Å². The summed E-state index contributed by atoms with van der Waals surface area (Å²) >= 11 is 0. The molecular formula is C16H26N4O. The molecule has 0 amide bonds. The van der Waals surface area contributed by atoms with E-state index >= 15 is 0 Å². The third-order valence-corrected chi connectivity index (χ3v) is 4.99. The molecule has 0 spiro atoms. The molecule has 0 bridgehead atoms. The molecule has 1 aromatic heterocycles. The van der Waals surface area contributed by atoms with Gasteiger partial charge >= 0.3 is 0 Å². The second kappa shape index (κ2) is 6.60. The predicted molar refractivity (Wildman–Crippen MR) is 84.5 cm³/mol. The van der Waals surface area contributed by atoms with Gasteiger partial charge in [-0.1, -0.05) is 6.42 Å². The zero-order valence-corrected chi connectivity index (χ0v) is 12.8. The van der Waals surface area contributed by atoms with Crippen LogP contribution >= 0.6 is 0 Å². The zero-order chi connectivity index (χ0) is 14.7. The Kier molecular flexibility index (Phi) is 4.58. The van der Waals surface area contributed by atoms with Gasteiger partial charge in [0.05, 0.1) is 0 Å². The summed E-state index contributed by atoms with van der Waals surface area (Å²) in [5, 5.41) is 12.9. The Balaban J connectivity index is 1.64. The van der Waals surface area contributed by atoms with Gasteiger partial charge in [-0.2, -0.15) is 0 Å². The predicted octanol–water partition coefficient (Wildman–Crippen LogP) is 2.29. The summed E-state index contributed by atoms with van der Waals surface area (Å²) in [4.78, 5) is 11.0. The van der Waals surface area contributed by atoms with Crippen LogP contribution in [0.3, 0.4) is 0 Å². The Bertz CT molecular complexity index is 463. The summed E-state index contributed by atoms with van der Waals surface area (Å²) < 4.78 is 0. The monoisotopic (exact) mass is 290 g/mol. The van der Waals surface area contributed by atoms with Crippen LogP contribution in [0.15, 0.2) is 12.4 Å². The number of aliphatic hydroxyl groups is 1. The fraction of sp³-hybridized carbons (Fsp3) is 0.750. The number of hydrogen-bond acceptors (Lipinski definition) is 5. The van der Waals surface area contributed by atoms with Crippen molar-refractivity contribution in [2.45, 2.75) is 45.1 Å². The Morgan fingerprint density at radius 3 is 2.90 bits per heavy atom. The minimum Gasteiger partial charge on any atom is -0.396 e. The fourth-order valence-electron chi connectivity index (χ4n) is 3.31. The molecule has 2 atom stereocenters. The Morgan fingerprint density at radius 1 is 1.33 bits per heavy atom. The number of nitrogens with one attached hydrogen (secondary N) is 1. The molecule has 116 valence electrons. The van der Waals surface area contributed by atoms with E-state index in [4.69, 9.17) is 0 Å². The van der Waals surface area contributed by atoms with Gasteiger partial charge in [0.2, 0.25) is 0 Å². The quantitative estimate of drug-likeness (QED) is 0.871. The first-order valence-corrected chi connectivity index (χ1v) is 8.20. The van der Waals surface area contributed by atoms with Gasteiger partial charge in [-0.3, -0.25) is 0 Å². The molecule has 0 radical (unpaired) electrons. The maximum Gasteiger partial charge on any atom is 0.134 e. The molecule has 1 aliphatic heterocycles. The molecule has 2 aliphatic rings. The third kappa shape index (κ3) is 3.46. The maximum absolute atomic E-state index is 9.35. The standard InChI is InChI=1S/C16H26N4O/c1-12(14-5-2-6-14)19-15-8-16(18-11-17-15)20-7-3-4-13(9-20)10-21/h8,11-14,21H,2-7,9-10H2,1H3,(H,17,18,19). The van der Waals surface area contributed by atoms with Crippen molar-refractivity contribution in [2.24, 2.45) is 11.8 Å². The van der Waals surface area contributed by atoms with Crippen molar-refractivity contribution in [3.05, 3.63) is 12.4 Å². The molecule has 1 aromatic rings. The Morgan fingerprint density at radius 2 is 2.19 bits per heavy atom. The maximum atomic E-state index is 9.35. The fourth-order valence-corrected chi connectivity index (χ4v) is 3.31. The largest absolute Gasteiger partial charge is 0.396 e. The Hall–Kier alpha value is -1.36. The van der Waals surface area contributed by atoms with E-state index in [-0.39, 0.29) is 6.61 Å². The summed E-state index contributed by atoms with van der Waals surface area (Å²) in [5.41, 5.74) is 0. The molecule has 1 saturated heterocycles. The van der Waals surface area contributed by atoms with Crippen LogP contribution in [0.1, 0.15) is 39.0 Å². The van der Waals surface area contributed by atoms with Crippen molar-refractivity contribution < 1.29 is 5.11 Å². The minimum atomic E-state index is 0.269. The molecule has 21 heavy (non-hydrogen) atoms. The van der Waals surface area contributed by atoms with Crippen LogP contribution in [0.4, 0.5) is 11.6 Å². The van der Waals surface area contributed by atoms with Gasteiger partial charge in [0.25, 0.3) is 0 Å². The lowest BCUT2D eigenvalue weighted by Gasteiger charge is -2.34. The second-order valence-electron chi connectivity index (χ2n) is 6.52. The molecule has 1 aliphatic carbocycles. The molecule has 1 saturated carbocycles.